The van der Waals surface area contributed by atoms with E-state index in [-0.39, 0.29) is 47.5 Å². The number of carbonyl (C=O) groups is 3. The lowest BCUT2D eigenvalue weighted by molar-refractivity contribution is -0.149. The van der Waals surface area contributed by atoms with Gasteiger partial charge in [0, 0.05) is 17.7 Å². The first kappa shape index (κ1) is 14.9. The number of imide groups is 1. The minimum absolute atomic E-state index is 0.0414. The number of pyridine rings is 1. The van der Waals surface area contributed by atoms with Crippen molar-refractivity contribution in [2.75, 3.05) is 6.54 Å². The zero-order valence-corrected chi connectivity index (χ0v) is 13.0. The molecule has 2 aliphatic carbocycles. The van der Waals surface area contributed by atoms with Crippen LogP contribution in [0.4, 0.5) is 4.79 Å². The average Bonchev–Trinajstić information content (AvgIpc) is 2.83. The standard InChI is InChI=1S/C16H18N4O4/c17-13(22)10-2-1-5-18-14(10)24-11-3-4-16(11)6-9(7-16)20-12(21)8-19-15(20)23/h1-2,5,9,11H,3-4,6-8H2,(H2,17,22)(H,19,23)/t9?,11-,16?/m1/s1. The van der Waals surface area contributed by atoms with Gasteiger partial charge in [-0.25, -0.2) is 9.78 Å². The molecule has 3 fully saturated rings. The molecule has 1 aromatic heterocycles. The van der Waals surface area contributed by atoms with E-state index in [1.807, 2.05) is 0 Å². The summed E-state index contributed by atoms with van der Waals surface area (Å²) in [6, 6.07) is 2.86. The van der Waals surface area contributed by atoms with Gasteiger partial charge in [0.2, 0.25) is 11.8 Å². The van der Waals surface area contributed by atoms with Crippen LogP contribution >= 0.6 is 0 Å². The lowest BCUT2D eigenvalue weighted by atomic mass is 9.52. The Balaban J connectivity index is 1.44. The van der Waals surface area contributed by atoms with Gasteiger partial charge in [0.15, 0.2) is 0 Å². The zero-order valence-electron chi connectivity index (χ0n) is 13.0. The first-order chi connectivity index (χ1) is 11.5. The summed E-state index contributed by atoms with van der Waals surface area (Å²) in [4.78, 5) is 40.4. The fraction of sp³-hybridized carbons (Fsp3) is 0.500. The fourth-order valence-corrected chi connectivity index (χ4v) is 3.99. The Morgan fingerprint density at radius 1 is 1.42 bits per heavy atom. The smallest absolute Gasteiger partial charge is 0.324 e. The van der Waals surface area contributed by atoms with Crippen LogP contribution in [0.3, 0.4) is 0 Å². The molecule has 0 bridgehead atoms. The van der Waals surface area contributed by atoms with E-state index in [2.05, 4.69) is 10.3 Å². The van der Waals surface area contributed by atoms with Gasteiger partial charge in [-0.05, 0) is 37.8 Å². The molecule has 4 rings (SSSR count). The van der Waals surface area contributed by atoms with E-state index in [1.54, 1.807) is 18.3 Å². The molecule has 1 spiro atoms. The Kier molecular flexibility index (Phi) is 3.22. The third-order valence-corrected chi connectivity index (χ3v) is 5.41. The molecule has 126 valence electrons. The SMILES string of the molecule is NC(=O)c1cccnc1O[C@@H]1CCC12CC(N1C(=O)CNC1=O)C2. The van der Waals surface area contributed by atoms with Crippen molar-refractivity contribution in [1.82, 2.24) is 15.2 Å². The van der Waals surface area contributed by atoms with Gasteiger partial charge in [-0.3, -0.25) is 14.5 Å². The molecule has 8 heteroatoms. The van der Waals surface area contributed by atoms with E-state index in [9.17, 15) is 14.4 Å². The maximum absolute atomic E-state index is 11.8. The highest BCUT2D eigenvalue weighted by Gasteiger charge is 2.60. The number of carbonyl (C=O) groups excluding carboxylic acids is 3. The summed E-state index contributed by atoms with van der Waals surface area (Å²) in [5.41, 5.74) is 5.58. The number of nitrogens with two attached hydrogens (primary N) is 1. The molecule has 3 aliphatic rings. The maximum Gasteiger partial charge on any atom is 0.324 e. The predicted octanol–water partition coefficient (Wildman–Crippen LogP) is 0.422. The van der Waals surface area contributed by atoms with Gasteiger partial charge in [-0.1, -0.05) is 0 Å². The summed E-state index contributed by atoms with van der Waals surface area (Å²) in [5.74, 6) is -0.484. The van der Waals surface area contributed by atoms with Gasteiger partial charge < -0.3 is 15.8 Å². The van der Waals surface area contributed by atoms with E-state index in [1.165, 1.54) is 4.90 Å². The van der Waals surface area contributed by atoms with Crippen LogP contribution in [0, 0.1) is 5.41 Å². The molecule has 1 aliphatic heterocycles. The first-order valence-electron chi connectivity index (χ1n) is 8.01. The number of hydrogen-bond donors (Lipinski definition) is 2. The van der Waals surface area contributed by atoms with Gasteiger partial charge in [-0.15, -0.1) is 0 Å². The van der Waals surface area contributed by atoms with Gasteiger partial charge in [0.25, 0.3) is 5.91 Å². The van der Waals surface area contributed by atoms with Gasteiger partial charge in [-0.2, -0.15) is 0 Å². The minimum Gasteiger partial charge on any atom is -0.473 e. The number of amides is 4. The molecule has 8 nitrogen and oxygen atoms in total. The Morgan fingerprint density at radius 2 is 2.21 bits per heavy atom. The van der Waals surface area contributed by atoms with Crippen molar-refractivity contribution < 1.29 is 19.1 Å². The van der Waals surface area contributed by atoms with E-state index in [4.69, 9.17) is 10.5 Å². The average molecular weight is 330 g/mol. The zero-order chi connectivity index (χ0) is 16.9. The predicted molar refractivity (Wildman–Crippen MR) is 82.1 cm³/mol. The molecule has 4 amide bonds. The van der Waals surface area contributed by atoms with Crippen LogP contribution in [0.15, 0.2) is 18.3 Å². The molecule has 1 saturated heterocycles. The first-order valence-corrected chi connectivity index (χ1v) is 8.01. The molecule has 24 heavy (non-hydrogen) atoms. The summed E-state index contributed by atoms with van der Waals surface area (Å²) in [6.07, 6.45) is 4.80. The summed E-state index contributed by atoms with van der Waals surface area (Å²) in [5, 5.41) is 2.55. The van der Waals surface area contributed by atoms with Crippen molar-refractivity contribution in [1.29, 1.82) is 0 Å². The topological polar surface area (TPSA) is 115 Å². The monoisotopic (exact) mass is 330 g/mol. The number of urea groups is 1. The normalized spacial score (nSPS) is 31.4. The van der Waals surface area contributed by atoms with Crippen LogP contribution in [0.25, 0.3) is 0 Å². The number of hydrogen-bond acceptors (Lipinski definition) is 5. The second kappa shape index (κ2) is 5.19. The highest BCUT2D eigenvalue weighted by atomic mass is 16.5. The highest BCUT2D eigenvalue weighted by Crippen LogP contribution is 2.58. The van der Waals surface area contributed by atoms with E-state index in [0.717, 1.165) is 25.7 Å². The number of ether oxygens (including phenoxy) is 1. The lowest BCUT2D eigenvalue weighted by Gasteiger charge is -2.59. The third-order valence-electron chi connectivity index (χ3n) is 5.41. The Morgan fingerprint density at radius 3 is 2.79 bits per heavy atom. The summed E-state index contributed by atoms with van der Waals surface area (Å²) in [7, 11) is 0. The number of nitrogens with one attached hydrogen (secondary N) is 1. The molecule has 1 aromatic rings. The molecular weight excluding hydrogens is 312 g/mol. The molecular formula is C16H18N4O4. The largest absolute Gasteiger partial charge is 0.473 e. The highest BCUT2D eigenvalue weighted by molar-refractivity contribution is 6.02. The van der Waals surface area contributed by atoms with Gasteiger partial charge in [0.1, 0.15) is 11.7 Å². The maximum atomic E-state index is 11.8. The molecule has 2 saturated carbocycles. The summed E-state index contributed by atoms with van der Waals surface area (Å²) in [6.45, 7) is 0.0815. The van der Waals surface area contributed by atoms with Crippen LogP contribution in [-0.2, 0) is 4.79 Å². The Bertz CT molecular complexity index is 713. The number of aromatic nitrogens is 1. The third kappa shape index (κ3) is 2.13. The molecule has 0 aromatic carbocycles. The van der Waals surface area contributed by atoms with Crippen molar-refractivity contribution >= 4 is 17.8 Å². The number of primary amides is 1. The molecule has 0 radical (unpaired) electrons. The van der Waals surface area contributed by atoms with Gasteiger partial charge in [0.05, 0.1) is 6.54 Å². The molecule has 3 N–H and O–H groups in total. The van der Waals surface area contributed by atoms with Crippen molar-refractivity contribution in [3.8, 4) is 5.88 Å². The molecule has 0 unspecified atom stereocenters. The van der Waals surface area contributed by atoms with Crippen LogP contribution in [-0.4, -0.2) is 46.4 Å². The number of nitrogens with zero attached hydrogens (tertiary/aromatic N) is 2. The minimum atomic E-state index is -0.572. The van der Waals surface area contributed by atoms with Crippen molar-refractivity contribution in [2.24, 2.45) is 11.1 Å². The van der Waals surface area contributed by atoms with E-state index < -0.39 is 5.91 Å². The van der Waals surface area contributed by atoms with E-state index in [0.29, 0.717) is 0 Å². The van der Waals surface area contributed by atoms with Crippen LogP contribution in [0.5, 0.6) is 5.88 Å². The van der Waals surface area contributed by atoms with Crippen LogP contribution in [0.1, 0.15) is 36.0 Å². The summed E-state index contributed by atoms with van der Waals surface area (Å²) < 4.78 is 5.95. The Hall–Kier alpha value is -2.64. The summed E-state index contributed by atoms with van der Waals surface area (Å²) >= 11 is 0. The fourth-order valence-electron chi connectivity index (χ4n) is 3.99. The van der Waals surface area contributed by atoms with Crippen molar-refractivity contribution in [3.05, 3.63) is 23.9 Å². The van der Waals surface area contributed by atoms with Gasteiger partial charge >= 0.3 is 6.03 Å². The number of rotatable bonds is 4. The molecule has 1 atom stereocenters. The van der Waals surface area contributed by atoms with Crippen molar-refractivity contribution in [2.45, 2.75) is 37.8 Å². The van der Waals surface area contributed by atoms with E-state index >= 15 is 0 Å². The quantitative estimate of drug-likeness (QED) is 0.777. The molecule has 2 heterocycles. The Labute approximate surface area is 138 Å². The van der Waals surface area contributed by atoms with Crippen LogP contribution in [0.2, 0.25) is 0 Å². The second-order valence-electron chi connectivity index (χ2n) is 6.71. The lowest BCUT2D eigenvalue weighted by Crippen LogP contribution is -2.63. The van der Waals surface area contributed by atoms with Crippen LogP contribution < -0.4 is 15.8 Å². The second-order valence-corrected chi connectivity index (χ2v) is 6.71. The van der Waals surface area contributed by atoms with Crippen molar-refractivity contribution in [3.63, 3.8) is 0 Å².